The predicted molar refractivity (Wildman–Crippen MR) is 182 cm³/mol. The largest absolute Gasteiger partial charge is 0.486 e. The summed E-state index contributed by atoms with van der Waals surface area (Å²) in [4.78, 5) is 29.9. The molecule has 0 aliphatic carbocycles. The molecule has 1 heterocycles. The molecule has 4 aromatic carbocycles. The van der Waals surface area contributed by atoms with E-state index in [9.17, 15) is 22.4 Å². The van der Waals surface area contributed by atoms with Gasteiger partial charge < -0.3 is 19.7 Å². The number of aryl methyl sites for hydroxylation is 1. The molecule has 1 N–H and O–H groups in total. The molecule has 0 bridgehead atoms. The maximum Gasteiger partial charge on any atom is 0.264 e. The number of nitrogens with zero attached hydrogens (tertiary/aromatic N) is 2. The second-order valence-corrected chi connectivity index (χ2v) is 13.6. The Morgan fingerprint density at radius 2 is 1.56 bits per heavy atom. The van der Waals surface area contributed by atoms with Crippen LogP contribution < -0.4 is 19.1 Å². The number of carbonyl (C=O) groups is 2. The van der Waals surface area contributed by atoms with E-state index < -0.39 is 34.3 Å². The number of amides is 2. The highest BCUT2D eigenvalue weighted by molar-refractivity contribution is 7.92. The number of fused-ring (bicyclic) bond motifs is 1. The smallest absolute Gasteiger partial charge is 0.264 e. The van der Waals surface area contributed by atoms with Crippen LogP contribution >= 0.6 is 0 Å². The van der Waals surface area contributed by atoms with Gasteiger partial charge in [0.05, 0.1) is 10.6 Å². The zero-order valence-electron chi connectivity index (χ0n) is 27.3. The maximum absolute atomic E-state index is 14.6. The van der Waals surface area contributed by atoms with Crippen LogP contribution in [-0.4, -0.2) is 57.0 Å². The number of benzene rings is 4. The van der Waals surface area contributed by atoms with E-state index in [0.717, 1.165) is 33.1 Å². The first-order valence-electron chi connectivity index (χ1n) is 15.9. The molecular formula is C37H40FN3O6S. The SMILES string of the molecule is CC[C@H](C)NC(=O)[C@H](Cc1ccccc1)N(Cc1ccccc1C)C(=O)CN(c1ccc(F)cc1)S(=O)(=O)c1ccc2c(c1)OCCO2. The highest BCUT2D eigenvalue weighted by Crippen LogP contribution is 2.34. The van der Waals surface area contributed by atoms with Crippen LogP contribution in [-0.2, 0) is 32.6 Å². The van der Waals surface area contributed by atoms with Crippen molar-refractivity contribution >= 4 is 27.5 Å². The third-order valence-corrected chi connectivity index (χ3v) is 10.1. The number of halogens is 1. The molecule has 0 aromatic heterocycles. The number of hydrogen-bond donors (Lipinski definition) is 1. The van der Waals surface area contributed by atoms with Gasteiger partial charge in [-0.25, -0.2) is 12.8 Å². The number of sulfonamides is 1. The molecule has 0 saturated carbocycles. The van der Waals surface area contributed by atoms with Crippen molar-refractivity contribution < 1.29 is 31.9 Å². The summed E-state index contributed by atoms with van der Waals surface area (Å²) in [6, 6.07) is 24.9. The van der Waals surface area contributed by atoms with Crippen LogP contribution in [0.3, 0.4) is 0 Å². The van der Waals surface area contributed by atoms with Crippen molar-refractivity contribution in [3.8, 4) is 11.5 Å². The molecule has 1 aliphatic heterocycles. The molecule has 5 rings (SSSR count). The van der Waals surface area contributed by atoms with Crippen molar-refractivity contribution in [2.75, 3.05) is 24.1 Å². The molecule has 0 spiro atoms. The number of nitrogens with one attached hydrogen (secondary N) is 1. The summed E-state index contributed by atoms with van der Waals surface area (Å²) in [5, 5.41) is 3.03. The van der Waals surface area contributed by atoms with E-state index in [1.807, 2.05) is 75.4 Å². The molecule has 252 valence electrons. The molecule has 48 heavy (non-hydrogen) atoms. The van der Waals surface area contributed by atoms with Crippen molar-refractivity contribution in [1.82, 2.24) is 10.2 Å². The van der Waals surface area contributed by atoms with Gasteiger partial charge in [0, 0.05) is 25.1 Å². The number of rotatable bonds is 13. The van der Waals surface area contributed by atoms with Crippen LogP contribution in [0.1, 0.15) is 37.0 Å². The number of hydrogen-bond acceptors (Lipinski definition) is 6. The summed E-state index contributed by atoms with van der Waals surface area (Å²) in [5.74, 6) is -0.849. The third kappa shape index (κ3) is 8.14. The van der Waals surface area contributed by atoms with Crippen LogP contribution in [0.25, 0.3) is 0 Å². The Labute approximate surface area is 281 Å². The van der Waals surface area contributed by atoms with Crippen LogP contribution in [0.2, 0.25) is 0 Å². The lowest BCUT2D eigenvalue weighted by molar-refractivity contribution is -0.140. The second-order valence-electron chi connectivity index (χ2n) is 11.8. The lowest BCUT2D eigenvalue weighted by Crippen LogP contribution is -2.54. The van der Waals surface area contributed by atoms with Gasteiger partial charge in [0.2, 0.25) is 11.8 Å². The topological polar surface area (TPSA) is 105 Å². The van der Waals surface area contributed by atoms with Gasteiger partial charge in [-0.3, -0.25) is 13.9 Å². The normalized spacial score (nSPS) is 13.7. The molecule has 4 aromatic rings. The Bertz CT molecular complexity index is 1840. The first-order chi connectivity index (χ1) is 23.1. The molecule has 11 heteroatoms. The molecule has 2 amide bonds. The van der Waals surface area contributed by atoms with Gasteiger partial charge in [-0.2, -0.15) is 0 Å². The van der Waals surface area contributed by atoms with Crippen molar-refractivity contribution in [3.63, 3.8) is 0 Å². The zero-order valence-corrected chi connectivity index (χ0v) is 28.1. The van der Waals surface area contributed by atoms with Gasteiger partial charge in [0.25, 0.3) is 10.0 Å². The quantitative estimate of drug-likeness (QED) is 0.197. The van der Waals surface area contributed by atoms with E-state index >= 15 is 0 Å². The lowest BCUT2D eigenvalue weighted by Gasteiger charge is -2.34. The first-order valence-corrected chi connectivity index (χ1v) is 17.4. The van der Waals surface area contributed by atoms with Gasteiger partial charge in [0.15, 0.2) is 11.5 Å². The second kappa shape index (κ2) is 15.3. The summed E-state index contributed by atoms with van der Waals surface area (Å²) in [6.45, 7) is 5.75. The fourth-order valence-corrected chi connectivity index (χ4v) is 6.84. The summed E-state index contributed by atoms with van der Waals surface area (Å²) < 4.78 is 54.9. The van der Waals surface area contributed by atoms with E-state index in [0.29, 0.717) is 18.8 Å². The number of carbonyl (C=O) groups excluding carboxylic acids is 2. The van der Waals surface area contributed by atoms with Gasteiger partial charge in [-0.05, 0) is 73.4 Å². The van der Waals surface area contributed by atoms with Crippen LogP contribution in [0, 0.1) is 12.7 Å². The molecule has 0 radical (unpaired) electrons. The molecule has 9 nitrogen and oxygen atoms in total. The fraction of sp³-hybridized carbons (Fsp3) is 0.297. The van der Waals surface area contributed by atoms with Crippen LogP contribution in [0.4, 0.5) is 10.1 Å². The molecule has 0 unspecified atom stereocenters. The van der Waals surface area contributed by atoms with Crippen molar-refractivity contribution in [3.05, 3.63) is 120 Å². The average molecular weight is 674 g/mol. The van der Waals surface area contributed by atoms with Gasteiger partial charge in [-0.15, -0.1) is 0 Å². The molecule has 0 fully saturated rings. The molecule has 0 saturated heterocycles. The maximum atomic E-state index is 14.6. The summed E-state index contributed by atoms with van der Waals surface area (Å²) >= 11 is 0. The summed E-state index contributed by atoms with van der Waals surface area (Å²) in [5.41, 5.74) is 2.64. The molecular weight excluding hydrogens is 633 g/mol. The Morgan fingerprint density at radius 1 is 0.896 bits per heavy atom. The van der Waals surface area contributed by atoms with E-state index in [1.165, 1.54) is 35.2 Å². The molecule has 1 aliphatic rings. The Morgan fingerprint density at radius 3 is 2.25 bits per heavy atom. The number of ether oxygens (including phenoxy) is 2. The van der Waals surface area contributed by atoms with Crippen molar-refractivity contribution in [2.45, 2.75) is 57.1 Å². The fourth-order valence-electron chi connectivity index (χ4n) is 5.41. The monoisotopic (exact) mass is 673 g/mol. The Balaban J connectivity index is 1.58. The highest BCUT2D eigenvalue weighted by Gasteiger charge is 2.35. The summed E-state index contributed by atoms with van der Waals surface area (Å²) in [6.07, 6.45) is 0.883. The van der Waals surface area contributed by atoms with E-state index in [2.05, 4.69) is 5.32 Å². The summed E-state index contributed by atoms with van der Waals surface area (Å²) in [7, 11) is -4.41. The van der Waals surface area contributed by atoms with Crippen molar-refractivity contribution in [2.24, 2.45) is 0 Å². The van der Waals surface area contributed by atoms with Crippen LogP contribution in [0.5, 0.6) is 11.5 Å². The Kier molecular flexibility index (Phi) is 11.0. The number of anilines is 1. The Hall–Kier alpha value is -4.90. The lowest BCUT2D eigenvalue weighted by atomic mass is 10.0. The first kappa shape index (κ1) is 34.4. The van der Waals surface area contributed by atoms with Gasteiger partial charge in [0.1, 0.15) is 31.6 Å². The average Bonchev–Trinajstić information content (AvgIpc) is 3.09. The minimum Gasteiger partial charge on any atom is -0.486 e. The minimum atomic E-state index is -4.41. The highest BCUT2D eigenvalue weighted by atomic mass is 32.2. The van der Waals surface area contributed by atoms with E-state index in [-0.39, 0.29) is 47.9 Å². The van der Waals surface area contributed by atoms with Gasteiger partial charge >= 0.3 is 0 Å². The molecule has 2 atom stereocenters. The van der Waals surface area contributed by atoms with Gasteiger partial charge in [-0.1, -0.05) is 61.5 Å². The van der Waals surface area contributed by atoms with Crippen LogP contribution in [0.15, 0.2) is 102 Å². The predicted octanol–water partition coefficient (Wildman–Crippen LogP) is 5.66. The zero-order chi connectivity index (χ0) is 34.3. The third-order valence-electron chi connectivity index (χ3n) is 8.37. The minimum absolute atomic E-state index is 0.0538. The van der Waals surface area contributed by atoms with E-state index in [4.69, 9.17) is 9.47 Å². The van der Waals surface area contributed by atoms with E-state index in [1.54, 1.807) is 0 Å². The standard InChI is InChI=1S/C37H40FN3O6S/c1-4-27(3)39-37(43)33(22-28-11-6-5-7-12-28)40(24-29-13-9-8-10-26(29)2)36(42)25-41(31-16-14-30(38)15-17-31)48(44,45)32-18-19-34-35(23-32)47-21-20-46-34/h5-19,23,27,33H,4,20-22,24-25H2,1-3H3,(H,39,43)/t27-,33-/m0/s1. The van der Waals surface area contributed by atoms with Crippen molar-refractivity contribution in [1.29, 1.82) is 0 Å².